The Morgan fingerprint density at radius 3 is 2.88 bits per heavy atom. The normalized spacial score (nSPS) is 17.5. The minimum absolute atomic E-state index is 0.0813. The summed E-state index contributed by atoms with van der Waals surface area (Å²) in [6, 6.07) is 11.0. The second-order valence-electron chi connectivity index (χ2n) is 6.63. The van der Waals surface area contributed by atoms with E-state index >= 15 is 0 Å². The Labute approximate surface area is 157 Å². The average Bonchev–Trinajstić information content (AvgIpc) is 3.31. The summed E-state index contributed by atoms with van der Waals surface area (Å²) in [5.74, 6) is 2.16. The molecule has 3 heterocycles. The van der Waals surface area contributed by atoms with Gasteiger partial charge in [0.05, 0.1) is 5.02 Å². The Balaban J connectivity index is 1.53. The van der Waals surface area contributed by atoms with E-state index in [9.17, 15) is 4.79 Å². The molecule has 1 saturated heterocycles. The summed E-state index contributed by atoms with van der Waals surface area (Å²) in [5, 5.41) is 0.605. The van der Waals surface area contributed by atoms with Gasteiger partial charge in [0.2, 0.25) is 0 Å². The van der Waals surface area contributed by atoms with E-state index in [1.165, 1.54) is 0 Å². The minimum atomic E-state index is -0.0813. The smallest absolute Gasteiger partial charge is 0.289 e. The lowest BCUT2D eigenvalue weighted by molar-refractivity contribution is 0.0672. The highest BCUT2D eigenvalue weighted by Crippen LogP contribution is 2.31. The summed E-state index contributed by atoms with van der Waals surface area (Å²) in [6.07, 6.45) is 5.75. The summed E-state index contributed by atoms with van der Waals surface area (Å²) >= 11 is 6.22. The highest BCUT2D eigenvalue weighted by molar-refractivity contribution is 6.33. The maximum atomic E-state index is 12.9. The van der Waals surface area contributed by atoms with Crippen molar-refractivity contribution in [3.8, 4) is 11.3 Å². The molecule has 5 nitrogen and oxygen atoms in total. The first-order chi connectivity index (χ1) is 12.6. The molecule has 2 aromatic heterocycles. The number of aryl methyl sites for hydroxylation is 1. The molecule has 1 atom stereocenters. The molecule has 0 radical (unpaired) electrons. The minimum Gasteiger partial charge on any atom is -0.451 e. The molecule has 6 heteroatoms. The van der Waals surface area contributed by atoms with Gasteiger partial charge in [0, 0.05) is 44.0 Å². The topological polar surface area (TPSA) is 51.3 Å². The molecule has 0 aliphatic carbocycles. The monoisotopic (exact) mass is 369 g/mol. The van der Waals surface area contributed by atoms with Crippen molar-refractivity contribution in [3.05, 3.63) is 65.4 Å². The van der Waals surface area contributed by atoms with E-state index in [2.05, 4.69) is 4.98 Å². The number of amides is 1. The van der Waals surface area contributed by atoms with Crippen LogP contribution in [-0.4, -0.2) is 33.4 Å². The predicted octanol–water partition coefficient (Wildman–Crippen LogP) is 4.35. The number of rotatable bonds is 3. The second-order valence-corrected chi connectivity index (χ2v) is 7.04. The molecular formula is C20H20ClN3O2. The largest absolute Gasteiger partial charge is 0.451 e. The molecule has 3 aromatic rings. The van der Waals surface area contributed by atoms with Gasteiger partial charge in [0.25, 0.3) is 5.91 Å². The maximum Gasteiger partial charge on any atom is 0.289 e. The lowest BCUT2D eigenvalue weighted by Gasteiger charge is -2.31. The standard InChI is InChI=1S/C20H20ClN3O2/c1-23-12-10-22-19(23)14-5-4-11-24(13-14)20(25)18-9-8-17(26-18)15-6-2-3-7-16(15)21/h2-3,6-10,12,14H,4-5,11,13H2,1H3/t14-/m0/s1. The zero-order chi connectivity index (χ0) is 18.1. The maximum absolute atomic E-state index is 12.9. The third-order valence-electron chi connectivity index (χ3n) is 4.89. The van der Waals surface area contributed by atoms with Crippen LogP contribution in [0.2, 0.25) is 5.02 Å². The Kier molecular flexibility index (Phi) is 4.55. The van der Waals surface area contributed by atoms with Crippen LogP contribution >= 0.6 is 11.6 Å². The van der Waals surface area contributed by atoms with Crippen LogP contribution in [-0.2, 0) is 7.05 Å². The molecular weight excluding hydrogens is 350 g/mol. The number of aromatic nitrogens is 2. The van der Waals surface area contributed by atoms with Gasteiger partial charge in [-0.1, -0.05) is 23.7 Å². The van der Waals surface area contributed by atoms with Gasteiger partial charge < -0.3 is 13.9 Å². The lowest BCUT2D eigenvalue weighted by atomic mass is 9.97. The van der Waals surface area contributed by atoms with Crippen molar-refractivity contribution in [2.45, 2.75) is 18.8 Å². The molecule has 26 heavy (non-hydrogen) atoms. The number of likely N-dealkylation sites (tertiary alicyclic amines) is 1. The average molecular weight is 370 g/mol. The van der Waals surface area contributed by atoms with Crippen LogP contribution in [0, 0.1) is 0 Å². The lowest BCUT2D eigenvalue weighted by Crippen LogP contribution is -2.39. The fourth-order valence-corrected chi connectivity index (χ4v) is 3.79. The van der Waals surface area contributed by atoms with Gasteiger partial charge in [-0.25, -0.2) is 4.98 Å². The first-order valence-corrected chi connectivity index (χ1v) is 9.12. The van der Waals surface area contributed by atoms with E-state index in [1.807, 2.05) is 47.0 Å². The van der Waals surface area contributed by atoms with Crippen LogP contribution in [0.25, 0.3) is 11.3 Å². The van der Waals surface area contributed by atoms with Crippen molar-refractivity contribution in [1.29, 1.82) is 0 Å². The van der Waals surface area contributed by atoms with Gasteiger partial charge in [-0.15, -0.1) is 0 Å². The molecule has 0 bridgehead atoms. The van der Waals surface area contributed by atoms with Crippen molar-refractivity contribution < 1.29 is 9.21 Å². The number of nitrogens with zero attached hydrogens (tertiary/aromatic N) is 3. The van der Waals surface area contributed by atoms with Crippen LogP contribution < -0.4 is 0 Å². The molecule has 1 fully saturated rings. The van der Waals surface area contributed by atoms with Crippen LogP contribution in [0.3, 0.4) is 0 Å². The zero-order valence-corrected chi connectivity index (χ0v) is 15.3. The number of piperidine rings is 1. The molecule has 0 saturated carbocycles. The number of imidazole rings is 1. The third kappa shape index (κ3) is 3.15. The number of benzene rings is 1. The summed E-state index contributed by atoms with van der Waals surface area (Å²) < 4.78 is 7.85. The summed E-state index contributed by atoms with van der Waals surface area (Å²) in [4.78, 5) is 19.2. The molecule has 1 aliphatic heterocycles. The van der Waals surface area contributed by atoms with Crippen LogP contribution in [0.15, 0.2) is 53.2 Å². The Morgan fingerprint density at radius 1 is 1.27 bits per heavy atom. The van der Waals surface area contributed by atoms with Gasteiger partial charge in [0.1, 0.15) is 11.6 Å². The molecule has 1 aromatic carbocycles. The van der Waals surface area contributed by atoms with Crippen molar-refractivity contribution >= 4 is 17.5 Å². The molecule has 0 unspecified atom stereocenters. The zero-order valence-electron chi connectivity index (χ0n) is 14.6. The highest BCUT2D eigenvalue weighted by Gasteiger charge is 2.29. The Morgan fingerprint density at radius 2 is 2.12 bits per heavy atom. The number of hydrogen-bond acceptors (Lipinski definition) is 3. The second kappa shape index (κ2) is 7.00. The summed E-state index contributed by atoms with van der Waals surface area (Å²) in [5.41, 5.74) is 0.790. The molecule has 4 rings (SSSR count). The van der Waals surface area contributed by atoms with Crippen molar-refractivity contribution in [2.75, 3.05) is 13.1 Å². The quantitative estimate of drug-likeness (QED) is 0.689. The van der Waals surface area contributed by atoms with E-state index < -0.39 is 0 Å². The van der Waals surface area contributed by atoms with Crippen molar-refractivity contribution in [2.24, 2.45) is 7.05 Å². The molecule has 1 aliphatic rings. The first-order valence-electron chi connectivity index (χ1n) is 8.74. The van der Waals surface area contributed by atoms with Gasteiger partial charge in [-0.05, 0) is 37.1 Å². The van der Waals surface area contributed by atoms with Gasteiger partial charge in [-0.2, -0.15) is 0 Å². The van der Waals surface area contributed by atoms with Gasteiger partial charge >= 0.3 is 0 Å². The summed E-state index contributed by atoms with van der Waals surface area (Å²) in [7, 11) is 1.99. The van der Waals surface area contributed by atoms with E-state index in [4.69, 9.17) is 16.0 Å². The fraction of sp³-hybridized carbons (Fsp3) is 0.300. The Hall–Kier alpha value is -2.53. The summed E-state index contributed by atoms with van der Waals surface area (Å²) in [6.45, 7) is 1.40. The SMILES string of the molecule is Cn1ccnc1[C@H]1CCCN(C(=O)c2ccc(-c3ccccc3Cl)o2)C1. The van der Waals surface area contributed by atoms with Crippen LogP contribution in [0.4, 0.5) is 0 Å². The van der Waals surface area contributed by atoms with Crippen LogP contribution in [0.1, 0.15) is 35.1 Å². The van der Waals surface area contributed by atoms with Crippen LogP contribution in [0.5, 0.6) is 0 Å². The first kappa shape index (κ1) is 16.9. The molecule has 0 N–H and O–H groups in total. The number of halogens is 1. The Bertz CT molecular complexity index is 931. The van der Waals surface area contributed by atoms with Crippen molar-refractivity contribution in [3.63, 3.8) is 0 Å². The molecule has 0 spiro atoms. The van der Waals surface area contributed by atoms with Gasteiger partial charge in [0.15, 0.2) is 5.76 Å². The number of furan rings is 1. The van der Waals surface area contributed by atoms with E-state index in [0.29, 0.717) is 23.1 Å². The predicted molar refractivity (Wildman–Crippen MR) is 100 cm³/mol. The van der Waals surface area contributed by atoms with E-state index in [-0.39, 0.29) is 11.8 Å². The number of carbonyl (C=O) groups excluding carboxylic acids is 1. The number of hydrogen-bond donors (Lipinski definition) is 0. The highest BCUT2D eigenvalue weighted by atomic mass is 35.5. The fourth-order valence-electron chi connectivity index (χ4n) is 3.56. The number of carbonyl (C=O) groups is 1. The third-order valence-corrected chi connectivity index (χ3v) is 5.22. The van der Waals surface area contributed by atoms with Gasteiger partial charge in [-0.3, -0.25) is 4.79 Å². The molecule has 1 amide bonds. The van der Waals surface area contributed by atoms with Crippen molar-refractivity contribution in [1.82, 2.24) is 14.5 Å². The molecule has 134 valence electrons. The van der Waals surface area contributed by atoms with E-state index in [1.54, 1.807) is 18.3 Å². The van der Waals surface area contributed by atoms with E-state index in [0.717, 1.165) is 30.8 Å².